The van der Waals surface area contributed by atoms with E-state index in [4.69, 9.17) is 27.9 Å². The highest BCUT2D eigenvalue weighted by atomic mass is 35.5. The Morgan fingerprint density at radius 1 is 1.70 bits per heavy atom. The SMILES string of the molecule is COCn1cc(Cl)nc1Cl. The second-order valence-corrected chi connectivity index (χ2v) is 2.45. The molecular weight excluding hydrogens is 175 g/mol. The molecule has 1 aromatic rings. The summed E-state index contributed by atoms with van der Waals surface area (Å²) in [6.07, 6.45) is 1.60. The van der Waals surface area contributed by atoms with Crippen LogP contribution in [-0.2, 0) is 11.5 Å². The van der Waals surface area contributed by atoms with E-state index in [9.17, 15) is 0 Å². The van der Waals surface area contributed by atoms with Crippen LogP contribution in [0.2, 0.25) is 10.4 Å². The fourth-order valence-electron chi connectivity index (χ4n) is 0.593. The third kappa shape index (κ3) is 1.62. The molecule has 0 spiro atoms. The van der Waals surface area contributed by atoms with E-state index in [1.807, 2.05) is 0 Å². The van der Waals surface area contributed by atoms with Gasteiger partial charge in [0.2, 0.25) is 5.28 Å². The number of nitrogens with zero attached hydrogens (tertiary/aromatic N) is 2. The molecular formula is C5H6Cl2N2O. The maximum absolute atomic E-state index is 5.61. The van der Waals surface area contributed by atoms with E-state index in [0.29, 0.717) is 17.2 Å². The number of imidazole rings is 1. The molecule has 1 heterocycles. The van der Waals surface area contributed by atoms with Crippen LogP contribution in [0.3, 0.4) is 0 Å². The number of hydrogen-bond acceptors (Lipinski definition) is 2. The molecule has 0 aromatic carbocycles. The highest BCUT2D eigenvalue weighted by Gasteiger charge is 2.01. The minimum atomic E-state index is 0.340. The maximum atomic E-state index is 5.61. The summed E-state index contributed by atoms with van der Waals surface area (Å²) in [5.74, 6) is 0. The molecule has 3 nitrogen and oxygen atoms in total. The van der Waals surface area contributed by atoms with Crippen molar-refractivity contribution in [3.8, 4) is 0 Å². The van der Waals surface area contributed by atoms with Crippen LogP contribution in [-0.4, -0.2) is 16.7 Å². The summed E-state index contributed by atoms with van der Waals surface area (Å²) in [7, 11) is 1.57. The predicted molar refractivity (Wildman–Crippen MR) is 39.3 cm³/mol. The molecule has 0 amide bonds. The summed E-state index contributed by atoms with van der Waals surface area (Å²) >= 11 is 11.1. The lowest BCUT2D eigenvalue weighted by atomic mass is 10.9. The Morgan fingerprint density at radius 3 is 2.80 bits per heavy atom. The fraction of sp³-hybridized carbons (Fsp3) is 0.400. The van der Waals surface area contributed by atoms with Gasteiger partial charge in [-0.3, -0.25) is 4.57 Å². The van der Waals surface area contributed by atoms with Crippen molar-refractivity contribution >= 4 is 23.2 Å². The molecule has 0 atom stereocenters. The molecule has 1 aromatic heterocycles. The molecule has 10 heavy (non-hydrogen) atoms. The quantitative estimate of drug-likeness (QED) is 0.695. The Morgan fingerprint density at radius 2 is 2.40 bits per heavy atom. The van der Waals surface area contributed by atoms with Gasteiger partial charge in [-0.15, -0.1) is 0 Å². The topological polar surface area (TPSA) is 27.1 Å². The van der Waals surface area contributed by atoms with Gasteiger partial charge in [-0.25, -0.2) is 4.98 Å². The van der Waals surface area contributed by atoms with Crippen LogP contribution in [0.15, 0.2) is 6.20 Å². The Bertz CT molecular complexity index is 223. The first-order valence-corrected chi connectivity index (χ1v) is 3.36. The molecule has 0 saturated heterocycles. The maximum Gasteiger partial charge on any atom is 0.206 e. The number of aromatic nitrogens is 2. The second-order valence-electron chi connectivity index (χ2n) is 1.72. The van der Waals surface area contributed by atoms with E-state index in [0.717, 1.165) is 0 Å². The largest absolute Gasteiger partial charge is 0.364 e. The van der Waals surface area contributed by atoms with Crippen LogP contribution in [0.1, 0.15) is 0 Å². The first-order chi connectivity index (χ1) is 4.74. The van der Waals surface area contributed by atoms with Crippen LogP contribution in [0, 0.1) is 0 Å². The summed E-state index contributed by atoms with van der Waals surface area (Å²) in [4.78, 5) is 3.74. The summed E-state index contributed by atoms with van der Waals surface area (Å²) in [6.45, 7) is 0.374. The lowest BCUT2D eigenvalue weighted by Gasteiger charge is -1.98. The van der Waals surface area contributed by atoms with Gasteiger partial charge in [-0.2, -0.15) is 0 Å². The van der Waals surface area contributed by atoms with Crippen molar-refractivity contribution in [1.82, 2.24) is 9.55 Å². The lowest BCUT2D eigenvalue weighted by Crippen LogP contribution is -1.97. The third-order valence-electron chi connectivity index (χ3n) is 0.967. The summed E-state index contributed by atoms with van der Waals surface area (Å²) in [5, 5.41) is 0.717. The summed E-state index contributed by atoms with van der Waals surface area (Å²) in [6, 6.07) is 0. The van der Waals surface area contributed by atoms with Crippen LogP contribution < -0.4 is 0 Å². The second kappa shape index (κ2) is 3.23. The molecule has 5 heteroatoms. The smallest absolute Gasteiger partial charge is 0.206 e. The van der Waals surface area contributed by atoms with E-state index < -0.39 is 0 Å². The van der Waals surface area contributed by atoms with Crippen molar-refractivity contribution in [3.63, 3.8) is 0 Å². The van der Waals surface area contributed by atoms with Crippen LogP contribution >= 0.6 is 23.2 Å². The van der Waals surface area contributed by atoms with Crippen LogP contribution in [0.25, 0.3) is 0 Å². The zero-order chi connectivity index (χ0) is 7.56. The Kier molecular flexibility index (Phi) is 2.54. The molecule has 0 aliphatic rings. The minimum absolute atomic E-state index is 0.340. The minimum Gasteiger partial charge on any atom is -0.364 e. The zero-order valence-corrected chi connectivity index (χ0v) is 6.85. The van der Waals surface area contributed by atoms with Crippen molar-refractivity contribution < 1.29 is 4.74 Å². The molecule has 0 fully saturated rings. The third-order valence-corrected chi connectivity index (χ3v) is 1.45. The van der Waals surface area contributed by atoms with Crippen molar-refractivity contribution in [2.75, 3.05) is 7.11 Å². The average molecular weight is 181 g/mol. The van der Waals surface area contributed by atoms with E-state index in [1.54, 1.807) is 17.9 Å². The molecule has 1 rings (SSSR count). The first kappa shape index (κ1) is 7.85. The van der Waals surface area contributed by atoms with Crippen molar-refractivity contribution in [3.05, 3.63) is 16.6 Å². The molecule has 0 saturated carbocycles. The van der Waals surface area contributed by atoms with Gasteiger partial charge in [0.15, 0.2) is 0 Å². The highest BCUT2D eigenvalue weighted by Crippen LogP contribution is 2.12. The summed E-state index contributed by atoms with van der Waals surface area (Å²) < 4.78 is 6.40. The zero-order valence-electron chi connectivity index (χ0n) is 5.34. The van der Waals surface area contributed by atoms with Gasteiger partial charge >= 0.3 is 0 Å². The van der Waals surface area contributed by atoms with Crippen molar-refractivity contribution in [1.29, 1.82) is 0 Å². The van der Waals surface area contributed by atoms with E-state index >= 15 is 0 Å². The van der Waals surface area contributed by atoms with E-state index in [2.05, 4.69) is 4.98 Å². The Hall–Kier alpha value is -0.250. The molecule has 0 aliphatic heterocycles. The number of ether oxygens (including phenoxy) is 1. The van der Waals surface area contributed by atoms with Crippen LogP contribution in [0.5, 0.6) is 0 Å². The molecule has 56 valence electrons. The van der Waals surface area contributed by atoms with Gasteiger partial charge in [0, 0.05) is 13.3 Å². The lowest BCUT2D eigenvalue weighted by molar-refractivity contribution is 0.131. The number of rotatable bonds is 2. The summed E-state index contributed by atoms with van der Waals surface area (Å²) in [5.41, 5.74) is 0. The molecule has 0 bridgehead atoms. The van der Waals surface area contributed by atoms with E-state index in [-0.39, 0.29) is 0 Å². The number of hydrogen-bond donors (Lipinski definition) is 0. The molecule has 0 aliphatic carbocycles. The number of methoxy groups -OCH3 is 1. The van der Waals surface area contributed by atoms with Crippen LogP contribution in [0.4, 0.5) is 0 Å². The Balaban J connectivity index is 2.81. The van der Waals surface area contributed by atoms with Crippen molar-refractivity contribution in [2.45, 2.75) is 6.73 Å². The standard InChI is InChI=1S/C5H6Cl2N2O/c1-10-3-9-2-4(6)8-5(9)7/h2H,3H2,1H3. The monoisotopic (exact) mass is 180 g/mol. The van der Waals surface area contributed by atoms with Crippen molar-refractivity contribution in [2.24, 2.45) is 0 Å². The van der Waals surface area contributed by atoms with Gasteiger partial charge in [-0.05, 0) is 11.6 Å². The average Bonchev–Trinajstić information content (AvgIpc) is 2.13. The van der Waals surface area contributed by atoms with Gasteiger partial charge in [0.1, 0.15) is 11.9 Å². The predicted octanol–water partition coefficient (Wildman–Crippen LogP) is 1.79. The highest BCUT2D eigenvalue weighted by molar-refractivity contribution is 6.32. The van der Waals surface area contributed by atoms with Gasteiger partial charge in [0.05, 0.1) is 0 Å². The molecule has 0 N–H and O–H groups in total. The number of halogens is 2. The van der Waals surface area contributed by atoms with E-state index in [1.165, 1.54) is 0 Å². The fourth-order valence-corrected chi connectivity index (χ4v) is 1.02. The first-order valence-electron chi connectivity index (χ1n) is 2.61. The normalized spacial score (nSPS) is 10.3. The van der Waals surface area contributed by atoms with Gasteiger partial charge < -0.3 is 4.74 Å². The molecule has 0 unspecified atom stereocenters. The molecule has 0 radical (unpaired) electrons. The Labute approximate surface area is 68.5 Å². The van der Waals surface area contributed by atoms with Gasteiger partial charge in [0.25, 0.3) is 0 Å². The van der Waals surface area contributed by atoms with Gasteiger partial charge in [-0.1, -0.05) is 11.6 Å².